The topological polar surface area (TPSA) is 131 Å². The number of halogens is 1. The maximum atomic E-state index is 14.1. The summed E-state index contributed by atoms with van der Waals surface area (Å²) in [6.07, 6.45) is 0.413. The zero-order valence-electron chi connectivity index (χ0n) is 24.7. The normalized spacial score (nSPS) is 11.7. The number of phenols is 1. The summed E-state index contributed by atoms with van der Waals surface area (Å²) >= 11 is 3.49. The number of aromatic carboxylic acids is 1. The Morgan fingerprint density at radius 2 is 1.58 bits per heavy atom. The first-order chi connectivity index (χ1) is 20.1. The van der Waals surface area contributed by atoms with Crippen LogP contribution in [-0.2, 0) is 16.5 Å². The highest BCUT2D eigenvalue weighted by Gasteiger charge is 2.29. The molecule has 0 saturated heterocycles. The third-order valence-corrected chi connectivity index (χ3v) is 8.98. The fraction of sp³-hybridized carbons (Fsp3) is 0.273. The lowest BCUT2D eigenvalue weighted by Crippen LogP contribution is -2.15. The second kappa shape index (κ2) is 12.4. The van der Waals surface area contributed by atoms with E-state index in [1.807, 2.05) is 65.8 Å². The molecule has 3 aromatic carbocycles. The minimum Gasteiger partial charge on any atom is -0.507 e. The summed E-state index contributed by atoms with van der Waals surface area (Å²) in [7, 11) is -4.48. The van der Waals surface area contributed by atoms with Crippen LogP contribution in [0, 0.1) is 13.8 Å². The van der Waals surface area contributed by atoms with Crippen molar-refractivity contribution >= 4 is 37.8 Å². The first kappa shape index (κ1) is 32.0. The number of hydrogen-bond acceptors (Lipinski definition) is 7. The molecule has 0 bridgehead atoms. The summed E-state index contributed by atoms with van der Waals surface area (Å²) in [5, 5.41) is 19.3. The first-order valence-electron chi connectivity index (χ1n) is 13.7. The molecule has 0 aliphatic heterocycles. The molecule has 0 fully saturated rings. The number of carboxylic acid groups (broad SMARTS) is 1. The number of benzene rings is 3. The molecule has 4 aromatic rings. The van der Waals surface area contributed by atoms with Crippen molar-refractivity contribution in [1.29, 1.82) is 0 Å². The molecule has 10 heteroatoms. The van der Waals surface area contributed by atoms with Crippen LogP contribution in [0.4, 0.5) is 0 Å². The highest BCUT2D eigenvalue weighted by atomic mass is 79.9. The number of carbonyl (C=O) groups excluding carboxylic acids is 1. The van der Waals surface area contributed by atoms with E-state index in [1.54, 1.807) is 12.1 Å². The fourth-order valence-corrected chi connectivity index (χ4v) is 6.31. The largest absolute Gasteiger partial charge is 0.507 e. The van der Waals surface area contributed by atoms with E-state index in [9.17, 15) is 28.2 Å². The lowest BCUT2D eigenvalue weighted by atomic mass is 9.88. The van der Waals surface area contributed by atoms with Gasteiger partial charge in [-0.2, -0.15) is 8.42 Å². The maximum Gasteiger partial charge on any atom is 0.339 e. The Hall–Kier alpha value is -3.89. The molecular weight excluding hydrogens is 636 g/mol. The summed E-state index contributed by atoms with van der Waals surface area (Å²) in [5.41, 5.74) is 3.14. The highest BCUT2D eigenvalue weighted by Crippen LogP contribution is 2.39. The van der Waals surface area contributed by atoms with Gasteiger partial charge in [0.15, 0.2) is 5.78 Å². The third kappa shape index (κ3) is 6.70. The molecule has 4 rings (SSSR count). The van der Waals surface area contributed by atoms with Gasteiger partial charge in [-0.3, -0.25) is 4.79 Å². The number of rotatable bonds is 10. The Bertz CT molecular complexity index is 1800. The average molecular weight is 670 g/mol. The Kier molecular flexibility index (Phi) is 9.22. The van der Waals surface area contributed by atoms with Gasteiger partial charge in [-0.05, 0) is 78.8 Å². The van der Waals surface area contributed by atoms with E-state index in [-0.39, 0.29) is 23.4 Å². The summed E-state index contributed by atoms with van der Waals surface area (Å²) < 4.78 is 39.4. The summed E-state index contributed by atoms with van der Waals surface area (Å²) in [6.45, 7) is 11.1. The number of ketones is 1. The van der Waals surface area contributed by atoms with Crippen LogP contribution in [-0.4, -0.2) is 30.4 Å². The van der Waals surface area contributed by atoms with Gasteiger partial charge in [0.25, 0.3) is 0 Å². The van der Waals surface area contributed by atoms with Gasteiger partial charge in [-0.15, -0.1) is 0 Å². The number of aryl methyl sites for hydroxylation is 1. The minimum absolute atomic E-state index is 0.0952. The van der Waals surface area contributed by atoms with Crippen LogP contribution < -0.4 is 4.18 Å². The molecule has 0 amide bonds. The molecule has 1 aromatic heterocycles. The standard InChI is InChI=1S/C33H33BrO8S/c1-17(2)26-14-22(31(36)30-19(5)20(6)41-29(30)13-21-8-7-9-23(34)12-21)15-27(18(3)4)32(26)42-43(39,40)24-10-11-25(33(37)38)28(35)16-24/h7-12,14-18,35H,13H2,1-6H3,(H,37,38). The van der Waals surface area contributed by atoms with Crippen molar-refractivity contribution in [2.75, 3.05) is 0 Å². The van der Waals surface area contributed by atoms with Crippen molar-refractivity contribution in [3.8, 4) is 11.5 Å². The van der Waals surface area contributed by atoms with E-state index in [0.29, 0.717) is 40.2 Å². The molecule has 8 nitrogen and oxygen atoms in total. The Labute approximate surface area is 259 Å². The Morgan fingerprint density at radius 3 is 2.12 bits per heavy atom. The molecule has 43 heavy (non-hydrogen) atoms. The zero-order chi connectivity index (χ0) is 31.8. The lowest BCUT2D eigenvalue weighted by Gasteiger charge is -2.21. The smallest absolute Gasteiger partial charge is 0.339 e. The average Bonchev–Trinajstić information content (AvgIpc) is 3.19. The zero-order valence-corrected chi connectivity index (χ0v) is 27.1. The third-order valence-electron chi connectivity index (χ3n) is 7.27. The molecule has 0 unspecified atom stereocenters. The van der Waals surface area contributed by atoms with E-state index < -0.39 is 32.3 Å². The number of furan rings is 1. The van der Waals surface area contributed by atoms with Crippen LogP contribution in [0.3, 0.4) is 0 Å². The predicted molar refractivity (Wildman–Crippen MR) is 166 cm³/mol. The summed E-state index contributed by atoms with van der Waals surface area (Å²) in [6, 6.07) is 14.0. The van der Waals surface area contributed by atoms with Crippen LogP contribution in [0.1, 0.15) is 99.6 Å². The number of hydrogen-bond donors (Lipinski definition) is 2. The molecule has 0 aliphatic carbocycles. The quantitative estimate of drug-likeness (QED) is 0.129. The van der Waals surface area contributed by atoms with Gasteiger partial charge in [-0.25, -0.2) is 4.79 Å². The van der Waals surface area contributed by atoms with Crippen molar-refractivity contribution in [3.05, 3.63) is 110 Å². The highest BCUT2D eigenvalue weighted by molar-refractivity contribution is 9.10. The number of aromatic hydroxyl groups is 1. The van der Waals surface area contributed by atoms with Crippen molar-refractivity contribution in [2.45, 2.75) is 64.7 Å². The van der Waals surface area contributed by atoms with E-state index in [1.165, 1.54) is 0 Å². The van der Waals surface area contributed by atoms with Crippen LogP contribution in [0.5, 0.6) is 11.5 Å². The fourth-order valence-electron chi connectivity index (χ4n) is 4.86. The van der Waals surface area contributed by atoms with Crippen LogP contribution in [0.15, 0.2) is 68.4 Å². The van der Waals surface area contributed by atoms with Gasteiger partial charge in [0.05, 0.1) is 5.56 Å². The minimum atomic E-state index is -4.48. The second-order valence-electron chi connectivity index (χ2n) is 11.0. The van der Waals surface area contributed by atoms with Crippen molar-refractivity contribution < 1.29 is 36.8 Å². The molecule has 0 spiro atoms. The number of carbonyl (C=O) groups is 2. The molecule has 0 aliphatic rings. The van der Waals surface area contributed by atoms with E-state index in [4.69, 9.17) is 8.60 Å². The van der Waals surface area contributed by atoms with Gasteiger partial charge in [-0.1, -0.05) is 55.8 Å². The van der Waals surface area contributed by atoms with Crippen molar-refractivity contribution in [1.82, 2.24) is 0 Å². The number of carboxylic acids is 1. The monoisotopic (exact) mass is 668 g/mol. The summed E-state index contributed by atoms with van der Waals surface area (Å²) in [4.78, 5) is 25.0. The molecule has 1 heterocycles. The van der Waals surface area contributed by atoms with E-state index in [2.05, 4.69) is 15.9 Å². The Morgan fingerprint density at radius 1 is 0.953 bits per heavy atom. The molecule has 0 atom stereocenters. The summed E-state index contributed by atoms with van der Waals surface area (Å²) in [5.74, 6) is -1.51. The maximum absolute atomic E-state index is 14.1. The van der Waals surface area contributed by atoms with Gasteiger partial charge in [0.2, 0.25) is 0 Å². The van der Waals surface area contributed by atoms with Crippen molar-refractivity contribution in [2.24, 2.45) is 0 Å². The Balaban J connectivity index is 1.81. The van der Waals surface area contributed by atoms with E-state index >= 15 is 0 Å². The molecular formula is C33H33BrO8S. The second-order valence-corrected chi connectivity index (χ2v) is 13.5. The van der Waals surface area contributed by atoms with Crippen LogP contribution in [0.25, 0.3) is 0 Å². The van der Waals surface area contributed by atoms with Crippen molar-refractivity contribution in [3.63, 3.8) is 0 Å². The molecule has 2 N–H and O–H groups in total. The van der Waals surface area contributed by atoms with Gasteiger partial charge < -0.3 is 18.8 Å². The predicted octanol–water partition coefficient (Wildman–Crippen LogP) is 7.90. The van der Waals surface area contributed by atoms with Gasteiger partial charge in [0, 0.05) is 28.1 Å². The molecule has 226 valence electrons. The van der Waals surface area contributed by atoms with E-state index in [0.717, 1.165) is 33.8 Å². The van der Waals surface area contributed by atoms with Gasteiger partial charge in [0.1, 0.15) is 33.5 Å². The van der Waals surface area contributed by atoms with Crippen LogP contribution >= 0.6 is 15.9 Å². The first-order valence-corrected chi connectivity index (χ1v) is 15.9. The lowest BCUT2D eigenvalue weighted by molar-refractivity contribution is 0.0693. The SMILES string of the molecule is Cc1oc(Cc2cccc(Br)c2)c(C(=O)c2cc(C(C)C)c(OS(=O)(=O)c3ccc(C(=O)O)c(O)c3)c(C(C)C)c2)c1C. The van der Waals surface area contributed by atoms with Gasteiger partial charge >= 0.3 is 16.1 Å². The molecule has 0 radical (unpaired) electrons. The van der Waals surface area contributed by atoms with Crippen LogP contribution in [0.2, 0.25) is 0 Å². The molecule has 0 saturated carbocycles.